The number of rotatable bonds is 5. The number of nitrogens with one attached hydrogen (secondary N) is 1. The van der Waals surface area contributed by atoms with E-state index in [1.807, 2.05) is 0 Å². The van der Waals surface area contributed by atoms with Gasteiger partial charge in [0, 0.05) is 10.6 Å². The van der Waals surface area contributed by atoms with Crippen LogP contribution in [0.25, 0.3) is 6.08 Å². The lowest BCUT2D eigenvalue weighted by Crippen LogP contribution is -2.54. The molecule has 0 saturated carbocycles. The largest absolute Gasteiger partial charge is 0.479 e. The van der Waals surface area contributed by atoms with E-state index in [0.29, 0.717) is 10.6 Å². The summed E-state index contributed by atoms with van der Waals surface area (Å²) in [5.41, 5.74) is 0.186. The third-order valence-corrected chi connectivity index (χ3v) is 4.27. The molecule has 0 unspecified atom stereocenters. The molecule has 0 radical (unpaired) electrons. The molecule has 0 aliphatic carbocycles. The van der Waals surface area contributed by atoms with Gasteiger partial charge in [-0.25, -0.2) is 14.5 Å². The summed E-state index contributed by atoms with van der Waals surface area (Å²) in [5.74, 6) is -2.72. The van der Waals surface area contributed by atoms with Gasteiger partial charge in [-0.1, -0.05) is 35.9 Å². The summed E-state index contributed by atoms with van der Waals surface area (Å²) in [6.07, 6.45) is 0.0981. The summed E-state index contributed by atoms with van der Waals surface area (Å²) < 4.78 is 5.38. The number of barbiturate groups is 1. The van der Waals surface area contributed by atoms with E-state index in [9.17, 15) is 19.2 Å². The van der Waals surface area contributed by atoms with Gasteiger partial charge in [0.05, 0.1) is 5.69 Å². The number of ether oxygens (including phenoxy) is 1. The van der Waals surface area contributed by atoms with Crippen molar-refractivity contribution in [3.05, 3.63) is 64.7 Å². The van der Waals surface area contributed by atoms with Crippen molar-refractivity contribution in [3.63, 3.8) is 0 Å². The normalized spacial score (nSPS) is 16.6. The molecule has 2 N–H and O–H groups in total. The summed E-state index contributed by atoms with van der Waals surface area (Å²) in [6, 6.07) is 11.5. The molecule has 148 valence electrons. The fraction of sp³-hybridized carbons (Fsp3) is 0.100. The number of benzene rings is 2. The fourth-order valence-corrected chi connectivity index (χ4v) is 2.80. The van der Waals surface area contributed by atoms with Crippen LogP contribution in [-0.2, 0) is 14.4 Å². The minimum Gasteiger partial charge on any atom is -0.479 e. The van der Waals surface area contributed by atoms with Gasteiger partial charge >= 0.3 is 12.0 Å². The number of hydrogen-bond donors (Lipinski definition) is 2. The Hall–Kier alpha value is -3.65. The van der Waals surface area contributed by atoms with Crippen LogP contribution >= 0.6 is 11.6 Å². The van der Waals surface area contributed by atoms with Crippen LogP contribution < -0.4 is 15.0 Å². The average molecular weight is 415 g/mol. The van der Waals surface area contributed by atoms with Crippen LogP contribution in [-0.4, -0.2) is 35.0 Å². The molecule has 0 aromatic heterocycles. The van der Waals surface area contributed by atoms with Gasteiger partial charge in [0.25, 0.3) is 11.8 Å². The second kappa shape index (κ2) is 8.15. The highest BCUT2D eigenvalue weighted by atomic mass is 35.5. The van der Waals surface area contributed by atoms with Crippen molar-refractivity contribution < 1.29 is 29.0 Å². The summed E-state index contributed by atoms with van der Waals surface area (Å²) in [6.45, 7) is 1.35. The summed E-state index contributed by atoms with van der Waals surface area (Å²) in [7, 11) is 0. The smallest absolute Gasteiger partial charge is 0.344 e. The Morgan fingerprint density at radius 1 is 1.17 bits per heavy atom. The Labute approximate surface area is 170 Å². The molecule has 1 heterocycles. The number of urea groups is 1. The SMILES string of the molecule is C[C@H](Oc1ccccc1/C=C1\C(=O)NC(=O)N(c2cccc(Cl)c2)C1=O)C(=O)O. The molecule has 4 amide bonds. The topological polar surface area (TPSA) is 113 Å². The molecule has 8 nitrogen and oxygen atoms in total. The van der Waals surface area contributed by atoms with E-state index in [-0.39, 0.29) is 17.0 Å². The van der Waals surface area contributed by atoms with E-state index < -0.39 is 29.9 Å². The Kier molecular flexibility index (Phi) is 5.65. The first-order chi connectivity index (χ1) is 13.8. The molecule has 1 atom stereocenters. The maximum Gasteiger partial charge on any atom is 0.344 e. The highest BCUT2D eigenvalue weighted by Gasteiger charge is 2.37. The Bertz CT molecular complexity index is 1050. The van der Waals surface area contributed by atoms with Crippen LogP contribution in [0.1, 0.15) is 12.5 Å². The van der Waals surface area contributed by atoms with Crippen LogP contribution in [0, 0.1) is 0 Å². The summed E-state index contributed by atoms with van der Waals surface area (Å²) >= 11 is 5.93. The monoisotopic (exact) mass is 414 g/mol. The minimum atomic E-state index is -1.17. The van der Waals surface area contributed by atoms with Gasteiger partial charge in [-0.05, 0) is 37.3 Å². The van der Waals surface area contributed by atoms with Crippen LogP contribution in [0.4, 0.5) is 10.5 Å². The number of anilines is 1. The standard InChI is InChI=1S/C20H15ClN2O6/c1-11(19(26)27)29-16-8-3-2-5-12(16)9-15-17(24)22-20(28)23(18(15)25)14-7-4-6-13(21)10-14/h2-11H,1H3,(H,26,27)(H,22,24,28)/b15-9+/t11-/m0/s1. The van der Waals surface area contributed by atoms with E-state index in [1.165, 1.54) is 31.2 Å². The maximum atomic E-state index is 12.9. The molecule has 2 aromatic rings. The number of para-hydroxylation sites is 1. The van der Waals surface area contributed by atoms with Gasteiger partial charge in [0.1, 0.15) is 11.3 Å². The molecule has 3 rings (SSSR count). The van der Waals surface area contributed by atoms with Crippen molar-refractivity contribution in [1.29, 1.82) is 0 Å². The second-order valence-corrected chi connectivity index (χ2v) is 6.51. The van der Waals surface area contributed by atoms with E-state index in [2.05, 4.69) is 5.32 Å². The predicted molar refractivity (Wildman–Crippen MR) is 105 cm³/mol. The number of halogens is 1. The van der Waals surface area contributed by atoms with Gasteiger partial charge in [-0.15, -0.1) is 0 Å². The number of hydrogen-bond acceptors (Lipinski definition) is 5. The van der Waals surface area contributed by atoms with Crippen molar-refractivity contribution >= 4 is 47.2 Å². The third-order valence-electron chi connectivity index (χ3n) is 4.04. The van der Waals surface area contributed by atoms with E-state index in [1.54, 1.807) is 30.3 Å². The Morgan fingerprint density at radius 2 is 1.90 bits per heavy atom. The van der Waals surface area contributed by atoms with Crippen LogP contribution in [0.5, 0.6) is 5.75 Å². The second-order valence-electron chi connectivity index (χ2n) is 6.07. The number of amides is 4. The van der Waals surface area contributed by atoms with Gasteiger partial charge in [-0.3, -0.25) is 14.9 Å². The number of carbonyl (C=O) groups is 4. The number of carbonyl (C=O) groups excluding carboxylic acids is 3. The fourth-order valence-electron chi connectivity index (χ4n) is 2.61. The zero-order chi connectivity index (χ0) is 21.1. The molecular formula is C20H15ClN2O6. The van der Waals surface area contributed by atoms with Crippen LogP contribution in [0.15, 0.2) is 54.1 Å². The summed E-state index contributed by atoms with van der Waals surface area (Å²) in [5, 5.41) is 11.5. The highest BCUT2D eigenvalue weighted by Crippen LogP contribution is 2.27. The molecule has 1 aliphatic rings. The molecule has 29 heavy (non-hydrogen) atoms. The number of aliphatic carboxylic acids is 1. The lowest BCUT2D eigenvalue weighted by molar-refractivity contribution is -0.144. The summed E-state index contributed by atoms with van der Waals surface area (Å²) in [4.78, 5) is 49.3. The van der Waals surface area contributed by atoms with E-state index in [4.69, 9.17) is 21.4 Å². The van der Waals surface area contributed by atoms with Gasteiger partial charge in [-0.2, -0.15) is 0 Å². The van der Waals surface area contributed by atoms with E-state index in [0.717, 1.165) is 4.90 Å². The molecule has 0 spiro atoms. The van der Waals surface area contributed by atoms with Crippen molar-refractivity contribution in [1.82, 2.24) is 5.32 Å². The maximum absolute atomic E-state index is 12.9. The van der Waals surface area contributed by atoms with Crippen molar-refractivity contribution in [3.8, 4) is 5.75 Å². The first-order valence-corrected chi connectivity index (χ1v) is 8.81. The number of carboxylic acids is 1. The van der Waals surface area contributed by atoms with Crippen LogP contribution in [0.3, 0.4) is 0 Å². The van der Waals surface area contributed by atoms with Gasteiger partial charge in [0.2, 0.25) is 0 Å². The first kappa shape index (κ1) is 20.1. The lowest BCUT2D eigenvalue weighted by Gasteiger charge is -2.26. The lowest BCUT2D eigenvalue weighted by atomic mass is 10.1. The third kappa shape index (κ3) is 4.27. The number of nitrogens with zero attached hydrogens (tertiary/aromatic N) is 1. The van der Waals surface area contributed by atoms with Crippen molar-refractivity contribution in [2.45, 2.75) is 13.0 Å². The Balaban J connectivity index is 2.01. The molecule has 9 heteroatoms. The molecule has 0 bridgehead atoms. The molecule has 1 aliphatic heterocycles. The van der Waals surface area contributed by atoms with Crippen molar-refractivity contribution in [2.24, 2.45) is 0 Å². The number of imide groups is 2. The first-order valence-electron chi connectivity index (χ1n) is 8.43. The molecule has 1 fully saturated rings. The van der Waals surface area contributed by atoms with Gasteiger partial charge in [0.15, 0.2) is 6.10 Å². The average Bonchev–Trinajstić information content (AvgIpc) is 2.66. The highest BCUT2D eigenvalue weighted by molar-refractivity contribution is 6.39. The Morgan fingerprint density at radius 3 is 2.59 bits per heavy atom. The quantitative estimate of drug-likeness (QED) is 0.574. The zero-order valence-electron chi connectivity index (χ0n) is 15.1. The molecular weight excluding hydrogens is 400 g/mol. The van der Waals surface area contributed by atoms with E-state index >= 15 is 0 Å². The van der Waals surface area contributed by atoms with Gasteiger partial charge < -0.3 is 9.84 Å². The zero-order valence-corrected chi connectivity index (χ0v) is 15.8. The number of carboxylic acid groups (broad SMARTS) is 1. The van der Waals surface area contributed by atoms with Crippen molar-refractivity contribution in [2.75, 3.05) is 4.90 Å². The minimum absolute atomic E-state index is 0.168. The molecule has 1 saturated heterocycles. The molecule has 2 aromatic carbocycles. The predicted octanol–water partition coefficient (Wildman–Crippen LogP) is 2.86. The van der Waals surface area contributed by atoms with Crippen LogP contribution in [0.2, 0.25) is 5.02 Å².